The van der Waals surface area contributed by atoms with Gasteiger partial charge in [0.25, 0.3) is 0 Å². The van der Waals surface area contributed by atoms with E-state index >= 15 is 0 Å². The summed E-state index contributed by atoms with van der Waals surface area (Å²) in [6, 6.07) is 24.6. The number of hydrogen-bond donors (Lipinski definition) is 0. The molecule has 0 amide bonds. The second-order valence-corrected chi connectivity index (χ2v) is 8.80. The van der Waals surface area contributed by atoms with Crippen LogP contribution in [0.4, 0.5) is 0 Å². The molecular formula is C26H25Cl2NO. The molecule has 0 bridgehead atoms. The SMILES string of the molecule is CC(=O)C(c1ccc(Cl)c(Cl)c1)N1CCC(c2cccc(-c3ccccc3)c2)CC1. The third-order valence-corrected chi connectivity index (χ3v) is 6.74. The Bertz CT molecular complexity index is 1030. The van der Waals surface area contributed by atoms with Crippen LogP contribution >= 0.6 is 23.2 Å². The molecule has 0 aromatic heterocycles. The number of hydrogen-bond acceptors (Lipinski definition) is 2. The monoisotopic (exact) mass is 437 g/mol. The van der Waals surface area contributed by atoms with Crippen molar-refractivity contribution in [2.75, 3.05) is 13.1 Å². The lowest BCUT2D eigenvalue weighted by molar-refractivity contribution is -0.122. The van der Waals surface area contributed by atoms with Crippen molar-refractivity contribution in [3.63, 3.8) is 0 Å². The van der Waals surface area contributed by atoms with Crippen LogP contribution in [0.2, 0.25) is 10.0 Å². The topological polar surface area (TPSA) is 20.3 Å². The Labute approximate surface area is 188 Å². The highest BCUT2D eigenvalue weighted by Gasteiger charge is 2.30. The van der Waals surface area contributed by atoms with Crippen LogP contribution < -0.4 is 0 Å². The van der Waals surface area contributed by atoms with Crippen molar-refractivity contribution in [2.24, 2.45) is 0 Å². The van der Waals surface area contributed by atoms with Gasteiger partial charge in [0.1, 0.15) is 0 Å². The molecule has 1 atom stereocenters. The first-order chi connectivity index (χ1) is 14.5. The van der Waals surface area contributed by atoms with E-state index in [1.165, 1.54) is 16.7 Å². The molecule has 1 fully saturated rings. The van der Waals surface area contributed by atoms with Gasteiger partial charge >= 0.3 is 0 Å². The number of rotatable bonds is 5. The number of ketones is 1. The minimum atomic E-state index is -0.267. The number of carbonyl (C=O) groups is 1. The number of benzene rings is 3. The highest BCUT2D eigenvalue weighted by Crippen LogP contribution is 2.35. The van der Waals surface area contributed by atoms with Crippen LogP contribution in [0, 0.1) is 0 Å². The Kier molecular flexibility index (Phi) is 6.58. The molecule has 4 heteroatoms. The van der Waals surface area contributed by atoms with Gasteiger partial charge in [-0.15, -0.1) is 0 Å². The molecule has 0 saturated carbocycles. The van der Waals surface area contributed by atoms with E-state index in [0.717, 1.165) is 31.5 Å². The Morgan fingerprint density at radius 3 is 2.23 bits per heavy atom. The molecule has 3 aromatic carbocycles. The van der Waals surface area contributed by atoms with Crippen molar-refractivity contribution in [2.45, 2.75) is 31.7 Å². The summed E-state index contributed by atoms with van der Waals surface area (Å²) in [6.07, 6.45) is 2.06. The minimum absolute atomic E-state index is 0.137. The standard InChI is InChI=1S/C26H25Cl2NO/c1-18(30)26(23-10-11-24(27)25(28)17-23)29-14-12-20(13-15-29)22-9-5-8-21(16-22)19-6-3-2-4-7-19/h2-11,16-17,20,26H,12-15H2,1H3. The molecule has 3 aromatic rings. The first-order valence-corrected chi connectivity index (χ1v) is 11.1. The lowest BCUT2D eigenvalue weighted by Gasteiger charge is -2.37. The van der Waals surface area contributed by atoms with Crippen LogP contribution in [-0.4, -0.2) is 23.8 Å². The fraction of sp³-hybridized carbons (Fsp3) is 0.269. The quantitative estimate of drug-likeness (QED) is 0.421. The molecule has 2 nitrogen and oxygen atoms in total. The van der Waals surface area contributed by atoms with Crippen LogP contribution in [0.15, 0.2) is 72.8 Å². The van der Waals surface area contributed by atoms with E-state index in [0.29, 0.717) is 16.0 Å². The minimum Gasteiger partial charge on any atom is -0.298 e. The molecule has 30 heavy (non-hydrogen) atoms. The Morgan fingerprint density at radius 1 is 0.867 bits per heavy atom. The molecule has 154 valence electrons. The summed E-state index contributed by atoms with van der Waals surface area (Å²) in [6.45, 7) is 3.41. The summed E-state index contributed by atoms with van der Waals surface area (Å²) < 4.78 is 0. The van der Waals surface area contributed by atoms with Gasteiger partial charge in [0.2, 0.25) is 0 Å². The van der Waals surface area contributed by atoms with Crippen LogP contribution in [0.25, 0.3) is 11.1 Å². The van der Waals surface area contributed by atoms with Crippen LogP contribution in [0.5, 0.6) is 0 Å². The zero-order chi connectivity index (χ0) is 21.1. The van der Waals surface area contributed by atoms with Gasteiger partial charge < -0.3 is 0 Å². The van der Waals surface area contributed by atoms with Crippen LogP contribution in [-0.2, 0) is 4.79 Å². The highest BCUT2D eigenvalue weighted by atomic mass is 35.5. The van der Waals surface area contributed by atoms with E-state index in [-0.39, 0.29) is 11.8 Å². The maximum absolute atomic E-state index is 12.5. The second-order valence-electron chi connectivity index (χ2n) is 7.99. The number of piperidine rings is 1. The number of likely N-dealkylation sites (tertiary alicyclic amines) is 1. The van der Waals surface area contributed by atoms with Crippen molar-refractivity contribution in [1.82, 2.24) is 4.90 Å². The predicted molar refractivity (Wildman–Crippen MR) is 125 cm³/mol. The number of carbonyl (C=O) groups excluding carboxylic acids is 1. The molecule has 0 N–H and O–H groups in total. The summed E-state index contributed by atoms with van der Waals surface area (Å²) in [7, 11) is 0. The number of Topliss-reactive ketones (excluding diaryl/α,β-unsaturated/α-hetero) is 1. The molecule has 0 spiro atoms. The number of nitrogens with zero attached hydrogens (tertiary/aromatic N) is 1. The molecule has 1 heterocycles. The third-order valence-electron chi connectivity index (χ3n) is 6.00. The predicted octanol–water partition coefficient (Wildman–Crippen LogP) is 7.17. The summed E-state index contributed by atoms with van der Waals surface area (Å²) in [5, 5.41) is 1.01. The average Bonchev–Trinajstić information content (AvgIpc) is 2.77. The molecule has 1 aliphatic rings. The van der Waals surface area contributed by atoms with Crippen molar-refractivity contribution < 1.29 is 4.79 Å². The lowest BCUT2D eigenvalue weighted by Crippen LogP contribution is -2.39. The highest BCUT2D eigenvalue weighted by molar-refractivity contribution is 6.42. The maximum atomic E-state index is 12.5. The maximum Gasteiger partial charge on any atom is 0.151 e. The van der Waals surface area contributed by atoms with E-state index in [4.69, 9.17) is 23.2 Å². The molecule has 1 saturated heterocycles. The van der Waals surface area contributed by atoms with E-state index in [9.17, 15) is 4.79 Å². The van der Waals surface area contributed by atoms with Gasteiger partial charge in [0.15, 0.2) is 5.78 Å². The second kappa shape index (κ2) is 9.34. The first-order valence-electron chi connectivity index (χ1n) is 10.4. The van der Waals surface area contributed by atoms with E-state index in [1.807, 2.05) is 18.2 Å². The van der Waals surface area contributed by atoms with Gasteiger partial charge in [-0.3, -0.25) is 9.69 Å². The molecule has 4 rings (SSSR count). The van der Waals surface area contributed by atoms with Gasteiger partial charge in [-0.25, -0.2) is 0 Å². The van der Waals surface area contributed by atoms with Gasteiger partial charge in [0, 0.05) is 0 Å². The Balaban J connectivity index is 1.49. The van der Waals surface area contributed by atoms with Gasteiger partial charge in [-0.05, 0) is 73.2 Å². The summed E-state index contributed by atoms with van der Waals surface area (Å²) in [5.41, 5.74) is 4.80. The third kappa shape index (κ3) is 4.62. The Hall–Kier alpha value is -2.13. The Morgan fingerprint density at radius 2 is 1.57 bits per heavy atom. The van der Waals surface area contributed by atoms with Crippen molar-refractivity contribution in [3.8, 4) is 11.1 Å². The van der Waals surface area contributed by atoms with Gasteiger partial charge in [0.05, 0.1) is 16.1 Å². The zero-order valence-electron chi connectivity index (χ0n) is 17.0. The molecular weight excluding hydrogens is 413 g/mol. The zero-order valence-corrected chi connectivity index (χ0v) is 18.5. The molecule has 1 unspecified atom stereocenters. The number of halogens is 2. The van der Waals surface area contributed by atoms with Crippen LogP contribution in [0.1, 0.15) is 42.9 Å². The normalized spacial score (nSPS) is 16.4. The lowest BCUT2D eigenvalue weighted by atomic mass is 9.86. The van der Waals surface area contributed by atoms with E-state index in [1.54, 1.807) is 13.0 Å². The van der Waals surface area contributed by atoms with Crippen LogP contribution in [0.3, 0.4) is 0 Å². The van der Waals surface area contributed by atoms with Gasteiger partial charge in [-0.2, -0.15) is 0 Å². The molecule has 0 radical (unpaired) electrons. The van der Waals surface area contributed by atoms with Crippen molar-refractivity contribution in [3.05, 3.63) is 94.0 Å². The molecule has 1 aliphatic heterocycles. The summed E-state index contributed by atoms with van der Waals surface area (Å²) >= 11 is 12.3. The summed E-state index contributed by atoms with van der Waals surface area (Å²) in [4.78, 5) is 14.8. The van der Waals surface area contributed by atoms with Gasteiger partial charge in [-0.1, -0.05) is 83.9 Å². The fourth-order valence-corrected chi connectivity index (χ4v) is 4.79. The van der Waals surface area contributed by atoms with E-state index < -0.39 is 0 Å². The van der Waals surface area contributed by atoms with Crippen molar-refractivity contribution in [1.29, 1.82) is 0 Å². The average molecular weight is 438 g/mol. The first kappa shape index (κ1) is 21.1. The van der Waals surface area contributed by atoms with Crippen molar-refractivity contribution >= 4 is 29.0 Å². The van der Waals surface area contributed by atoms with E-state index in [2.05, 4.69) is 53.4 Å². The summed E-state index contributed by atoms with van der Waals surface area (Å²) in [5.74, 6) is 0.643. The smallest absolute Gasteiger partial charge is 0.151 e. The fourth-order valence-electron chi connectivity index (χ4n) is 4.48. The largest absolute Gasteiger partial charge is 0.298 e. The molecule has 0 aliphatic carbocycles.